The Kier molecular flexibility index (Phi) is 7.67. The van der Waals surface area contributed by atoms with E-state index in [1.807, 2.05) is 44.2 Å². The number of carbonyl (C=O) groups is 2. The Labute approximate surface area is 252 Å². The maximum absolute atomic E-state index is 13.9. The summed E-state index contributed by atoms with van der Waals surface area (Å²) in [4.78, 5) is 26.1. The molecule has 2 aromatic rings. The van der Waals surface area contributed by atoms with Crippen LogP contribution in [0.25, 0.3) is 0 Å². The molecule has 230 valence electrons. The normalized spacial score (nSPS) is 38.9. The van der Waals surface area contributed by atoms with E-state index in [2.05, 4.69) is 13.8 Å². The zero-order chi connectivity index (χ0) is 30.7. The fourth-order valence-electron chi connectivity index (χ4n) is 9.01. The molecule has 1 aromatic carbocycles. The molecule has 1 aliphatic heterocycles. The molecule has 1 aromatic heterocycles. The molecule has 3 aliphatic carbocycles. The van der Waals surface area contributed by atoms with Crippen molar-refractivity contribution >= 4 is 11.6 Å². The average Bonchev–Trinajstić information content (AvgIpc) is 3.60. The van der Waals surface area contributed by atoms with Gasteiger partial charge in [0.1, 0.15) is 6.61 Å². The van der Waals surface area contributed by atoms with Gasteiger partial charge in [-0.25, -0.2) is 0 Å². The lowest BCUT2D eigenvalue weighted by atomic mass is 9.44. The number of ketones is 2. The quantitative estimate of drug-likeness (QED) is 0.427. The SMILES string of the molecule is C[C@H]1[C@@H]2CCC3=CC(=O)C=C[C@]3(C)[C@H]2[C@@H](O)C[C@]1(C)[C@]1(C(=O)CO)O[C@H](c2cocc2Cc2ccc(CO)cc2)O[C@@H]1C. The van der Waals surface area contributed by atoms with Crippen LogP contribution in [0, 0.1) is 28.6 Å². The van der Waals surface area contributed by atoms with Crippen LogP contribution < -0.4 is 0 Å². The van der Waals surface area contributed by atoms with Crippen molar-refractivity contribution in [2.24, 2.45) is 28.6 Å². The van der Waals surface area contributed by atoms with Gasteiger partial charge < -0.3 is 29.2 Å². The molecule has 6 rings (SSSR count). The number of hydrogen-bond donors (Lipinski definition) is 3. The molecular weight excluding hydrogens is 548 g/mol. The predicted molar refractivity (Wildman–Crippen MR) is 158 cm³/mol. The summed E-state index contributed by atoms with van der Waals surface area (Å²) in [5.41, 5.74) is 1.61. The van der Waals surface area contributed by atoms with Crippen molar-refractivity contribution in [3.63, 3.8) is 0 Å². The van der Waals surface area contributed by atoms with Crippen LogP contribution in [-0.2, 0) is 32.1 Å². The number of rotatable bonds is 7. The molecule has 0 spiro atoms. The summed E-state index contributed by atoms with van der Waals surface area (Å²) < 4.78 is 18.8. The number of furan rings is 1. The molecule has 9 atom stereocenters. The van der Waals surface area contributed by atoms with E-state index in [1.54, 1.807) is 24.7 Å². The van der Waals surface area contributed by atoms with E-state index in [-0.39, 0.29) is 36.6 Å². The standard InChI is InChI=1S/C35H42O8/c1-20-27-10-9-25-14-26(38)11-12-33(25,3)31(27)29(39)15-34(20,4)35(30(40)17-37)21(2)42-32(43-35)28-19-41-18-24(28)13-22-5-7-23(16-36)8-6-22/h5-8,11-12,14,18-21,27,29,31-32,36-37,39H,9-10,13,15-17H2,1-4H3/t20-,21+,27-,29-,31+,32+,33-,34-,35-/m0/s1. The van der Waals surface area contributed by atoms with Crippen molar-refractivity contribution in [1.29, 1.82) is 0 Å². The Hall–Kier alpha value is -2.88. The number of fused-ring (bicyclic) bond motifs is 3. The van der Waals surface area contributed by atoms with Gasteiger partial charge in [0.05, 0.1) is 31.3 Å². The topological polar surface area (TPSA) is 126 Å². The van der Waals surface area contributed by atoms with E-state index < -0.39 is 47.3 Å². The minimum atomic E-state index is -1.51. The molecule has 4 aliphatic rings. The number of aliphatic hydroxyl groups is 3. The first-order valence-corrected chi connectivity index (χ1v) is 15.3. The van der Waals surface area contributed by atoms with Crippen molar-refractivity contribution in [3.05, 3.63) is 82.8 Å². The first-order valence-electron chi connectivity index (χ1n) is 15.3. The summed E-state index contributed by atoms with van der Waals surface area (Å²) in [6.45, 7) is 7.32. The van der Waals surface area contributed by atoms with E-state index in [4.69, 9.17) is 13.9 Å². The molecule has 0 radical (unpaired) electrons. The van der Waals surface area contributed by atoms with Gasteiger partial charge in [0.15, 0.2) is 23.5 Å². The Morgan fingerprint density at radius 3 is 2.49 bits per heavy atom. The van der Waals surface area contributed by atoms with Gasteiger partial charge in [-0.3, -0.25) is 9.59 Å². The summed E-state index contributed by atoms with van der Waals surface area (Å²) in [7, 11) is 0. The number of hydrogen-bond acceptors (Lipinski definition) is 8. The fourth-order valence-corrected chi connectivity index (χ4v) is 9.01. The minimum absolute atomic E-state index is 0.0150. The van der Waals surface area contributed by atoms with Crippen LogP contribution in [0.15, 0.2) is 65.0 Å². The van der Waals surface area contributed by atoms with Gasteiger partial charge in [0, 0.05) is 34.3 Å². The Balaban J connectivity index is 1.33. The molecule has 8 heteroatoms. The summed E-state index contributed by atoms with van der Waals surface area (Å²) >= 11 is 0. The third-order valence-electron chi connectivity index (χ3n) is 11.4. The van der Waals surface area contributed by atoms with Crippen LogP contribution in [0.3, 0.4) is 0 Å². The van der Waals surface area contributed by atoms with Crippen molar-refractivity contribution in [2.75, 3.05) is 6.61 Å². The van der Waals surface area contributed by atoms with E-state index in [0.717, 1.165) is 35.1 Å². The number of Topliss-reactive ketones (excluding diaryl/α,β-unsaturated/α-hetero) is 1. The third-order valence-corrected chi connectivity index (χ3v) is 11.4. The lowest BCUT2D eigenvalue weighted by Gasteiger charge is -2.62. The second-order valence-corrected chi connectivity index (χ2v) is 13.4. The number of ether oxygens (including phenoxy) is 2. The third kappa shape index (κ3) is 4.53. The molecular formula is C35H42O8. The van der Waals surface area contributed by atoms with E-state index in [9.17, 15) is 24.9 Å². The molecule has 0 unspecified atom stereocenters. The fraction of sp³-hybridized carbons (Fsp3) is 0.543. The smallest absolute Gasteiger partial charge is 0.193 e. The Morgan fingerprint density at radius 2 is 1.79 bits per heavy atom. The summed E-state index contributed by atoms with van der Waals surface area (Å²) in [6, 6.07) is 7.65. The highest BCUT2D eigenvalue weighted by Gasteiger charge is 2.69. The lowest BCUT2D eigenvalue weighted by Crippen LogP contribution is -2.67. The van der Waals surface area contributed by atoms with Gasteiger partial charge in [-0.15, -0.1) is 0 Å². The van der Waals surface area contributed by atoms with Gasteiger partial charge in [-0.1, -0.05) is 56.7 Å². The molecule has 1 saturated heterocycles. The highest BCUT2D eigenvalue weighted by molar-refractivity contribution is 6.01. The van der Waals surface area contributed by atoms with Crippen LogP contribution in [-0.4, -0.2) is 51.3 Å². The molecule has 2 saturated carbocycles. The first-order chi connectivity index (χ1) is 20.5. The zero-order valence-electron chi connectivity index (χ0n) is 25.3. The van der Waals surface area contributed by atoms with Crippen molar-refractivity contribution in [3.8, 4) is 0 Å². The van der Waals surface area contributed by atoms with Crippen molar-refractivity contribution in [2.45, 2.75) is 84.1 Å². The van der Waals surface area contributed by atoms with Gasteiger partial charge in [0.2, 0.25) is 0 Å². The van der Waals surface area contributed by atoms with E-state index >= 15 is 0 Å². The molecule has 43 heavy (non-hydrogen) atoms. The maximum atomic E-state index is 13.9. The van der Waals surface area contributed by atoms with Gasteiger partial charge in [0.25, 0.3) is 0 Å². The number of aliphatic hydroxyl groups excluding tert-OH is 3. The van der Waals surface area contributed by atoms with Gasteiger partial charge in [-0.2, -0.15) is 0 Å². The zero-order valence-corrected chi connectivity index (χ0v) is 25.3. The van der Waals surface area contributed by atoms with Crippen LogP contribution in [0.2, 0.25) is 0 Å². The first kappa shape index (κ1) is 30.2. The Bertz CT molecular complexity index is 1450. The molecule has 3 N–H and O–H groups in total. The number of carbonyl (C=O) groups excluding carboxylic acids is 2. The Morgan fingerprint density at radius 1 is 1.07 bits per heavy atom. The summed E-state index contributed by atoms with van der Waals surface area (Å²) in [6.07, 6.45) is 8.50. The average molecular weight is 591 g/mol. The predicted octanol–water partition coefficient (Wildman–Crippen LogP) is 4.60. The van der Waals surface area contributed by atoms with Crippen LogP contribution in [0.1, 0.15) is 75.5 Å². The highest BCUT2D eigenvalue weighted by Crippen LogP contribution is 2.65. The minimum Gasteiger partial charge on any atom is -0.472 e. The maximum Gasteiger partial charge on any atom is 0.193 e. The molecule has 0 amide bonds. The summed E-state index contributed by atoms with van der Waals surface area (Å²) in [5.74, 6) is -0.609. The molecule has 8 nitrogen and oxygen atoms in total. The van der Waals surface area contributed by atoms with Gasteiger partial charge >= 0.3 is 0 Å². The number of allylic oxidation sites excluding steroid dienone is 4. The van der Waals surface area contributed by atoms with Crippen molar-refractivity contribution in [1.82, 2.24) is 0 Å². The highest BCUT2D eigenvalue weighted by atomic mass is 16.7. The van der Waals surface area contributed by atoms with Crippen molar-refractivity contribution < 1.29 is 38.8 Å². The van der Waals surface area contributed by atoms with E-state index in [1.165, 1.54) is 0 Å². The van der Waals surface area contributed by atoms with Gasteiger partial charge in [-0.05, 0) is 61.3 Å². The molecule has 2 heterocycles. The molecule has 3 fully saturated rings. The van der Waals surface area contributed by atoms with Crippen LogP contribution in [0.5, 0.6) is 0 Å². The largest absolute Gasteiger partial charge is 0.472 e. The second-order valence-electron chi connectivity index (χ2n) is 13.4. The summed E-state index contributed by atoms with van der Waals surface area (Å²) in [5, 5.41) is 31.6. The lowest BCUT2D eigenvalue weighted by molar-refractivity contribution is -0.211. The monoisotopic (exact) mass is 590 g/mol. The second kappa shape index (κ2) is 10.9. The van der Waals surface area contributed by atoms with Crippen LogP contribution >= 0.6 is 0 Å². The van der Waals surface area contributed by atoms with E-state index in [0.29, 0.717) is 12.0 Å². The number of benzene rings is 1. The molecule has 0 bridgehead atoms. The van der Waals surface area contributed by atoms with Crippen LogP contribution in [0.4, 0.5) is 0 Å².